The van der Waals surface area contributed by atoms with Crippen LogP contribution in [0.1, 0.15) is 5.56 Å². The molecule has 1 saturated heterocycles. The van der Waals surface area contributed by atoms with E-state index in [1.165, 1.54) is 20.2 Å². The first kappa shape index (κ1) is 22.9. The zero-order valence-electron chi connectivity index (χ0n) is 18.4. The predicted octanol–water partition coefficient (Wildman–Crippen LogP) is 1.98. The van der Waals surface area contributed by atoms with Gasteiger partial charge in [0, 0.05) is 33.2 Å². The Morgan fingerprint density at radius 3 is 2.26 bits per heavy atom. The largest absolute Gasteiger partial charge is 0.496 e. The highest BCUT2D eigenvalue weighted by atomic mass is 32.2. The molecule has 0 atom stereocenters. The molecule has 0 saturated carbocycles. The normalized spacial score (nSPS) is 14.6. The highest BCUT2D eigenvalue weighted by Crippen LogP contribution is 2.28. The molecule has 9 heteroatoms. The molecule has 0 unspecified atom stereocenters. The van der Waals surface area contributed by atoms with Gasteiger partial charge in [-0.25, -0.2) is 8.42 Å². The number of carbonyl (C=O) groups is 1. The van der Waals surface area contributed by atoms with Crippen LogP contribution >= 0.6 is 0 Å². The second-order valence-electron chi connectivity index (χ2n) is 7.43. The summed E-state index contributed by atoms with van der Waals surface area (Å²) in [6.07, 6.45) is 0. The Morgan fingerprint density at radius 1 is 1.00 bits per heavy atom. The lowest BCUT2D eigenvalue weighted by Crippen LogP contribution is -2.51. The minimum atomic E-state index is -3.78. The van der Waals surface area contributed by atoms with Crippen LogP contribution in [0.25, 0.3) is 0 Å². The van der Waals surface area contributed by atoms with Gasteiger partial charge >= 0.3 is 0 Å². The highest BCUT2D eigenvalue weighted by molar-refractivity contribution is 7.89. The van der Waals surface area contributed by atoms with Crippen molar-refractivity contribution in [2.45, 2.75) is 11.8 Å². The van der Waals surface area contributed by atoms with Gasteiger partial charge in [0.2, 0.25) is 15.9 Å². The van der Waals surface area contributed by atoms with E-state index in [1.807, 2.05) is 24.3 Å². The van der Waals surface area contributed by atoms with Gasteiger partial charge in [-0.3, -0.25) is 4.79 Å². The van der Waals surface area contributed by atoms with E-state index in [4.69, 9.17) is 9.47 Å². The third-order valence-corrected chi connectivity index (χ3v) is 7.29. The van der Waals surface area contributed by atoms with E-state index in [-0.39, 0.29) is 17.3 Å². The average molecular weight is 448 g/mol. The molecule has 0 bridgehead atoms. The molecule has 1 amide bonds. The fourth-order valence-electron chi connectivity index (χ4n) is 3.65. The SMILES string of the molecule is COc1ccc(S(=O)(=O)N(C)CC(=O)N2CCN(c3ccccc3OC)CC2)cc1C. The van der Waals surface area contributed by atoms with Gasteiger partial charge in [-0.1, -0.05) is 12.1 Å². The van der Waals surface area contributed by atoms with E-state index in [0.717, 1.165) is 21.3 Å². The van der Waals surface area contributed by atoms with Crippen LogP contribution in [0.4, 0.5) is 5.69 Å². The summed E-state index contributed by atoms with van der Waals surface area (Å²) in [7, 11) is 0.824. The summed E-state index contributed by atoms with van der Waals surface area (Å²) >= 11 is 0. The van der Waals surface area contributed by atoms with Gasteiger partial charge in [0.1, 0.15) is 11.5 Å². The van der Waals surface area contributed by atoms with E-state index >= 15 is 0 Å². The second kappa shape index (κ2) is 9.57. The van der Waals surface area contributed by atoms with Crippen LogP contribution in [0.2, 0.25) is 0 Å². The molecule has 1 heterocycles. The minimum Gasteiger partial charge on any atom is -0.496 e. The van der Waals surface area contributed by atoms with Crippen LogP contribution in [0.15, 0.2) is 47.4 Å². The number of carbonyl (C=O) groups excluding carboxylic acids is 1. The number of anilines is 1. The number of methoxy groups -OCH3 is 2. The van der Waals surface area contributed by atoms with Crippen LogP contribution in [-0.4, -0.2) is 77.5 Å². The molecular formula is C22H29N3O5S. The maximum atomic E-state index is 12.9. The zero-order chi connectivity index (χ0) is 22.6. The molecule has 8 nitrogen and oxygen atoms in total. The molecule has 168 valence electrons. The summed E-state index contributed by atoms with van der Waals surface area (Å²) in [6, 6.07) is 12.4. The molecule has 0 aromatic heterocycles. The number of nitrogens with zero attached hydrogens (tertiary/aromatic N) is 3. The minimum absolute atomic E-state index is 0.141. The van der Waals surface area contributed by atoms with Gasteiger partial charge in [-0.15, -0.1) is 0 Å². The molecular weight excluding hydrogens is 418 g/mol. The molecule has 0 radical (unpaired) electrons. The van der Waals surface area contributed by atoms with E-state index in [0.29, 0.717) is 31.9 Å². The number of piperazine rings is 1. The number of sulfonamides is 1. The monoisotopic (exact) mass is 447 g/mol. The molecule has 31 heavy (non-hydrogen) atoms. The van der Waals surface area contributed by atoms with Gasteiger partial charge in [0.15, 0.2) is 0 Å². The third kappa shape index (κ3) is 4.94. The van der Waals surface area contributed by atoms with E-state index in [1.54, 1.807) is 31.1 Å². The maximum absolute atomic E-state index is 12.9. The topological polar surface area (TPSA) is 79.4 Å². The quantitative estimate of drug-likeness (QED) is 0.646. The third-order valence-electron chi connectivity index (χ3n) is 5.49. The predicted molar refractivity (Wildman–Crippen MR) is 119 cm³/mol. The summed E-state index contributed by atoms with van der Waals surface area (Å²) in [6.45, 7) is 3.92. The Labute approximate surface area is 184 Å². The van der Waals surface area contributed by atoms with Crippen LogP contribution in [-0.2, 0) is 14.8 Å². The van der Waals surface area contributed by atoms with Crippen molar-refractivity contribution in [1.29, 1.82) is 0 Å². The van der Waals surface area contributed by atoms with Crippen molar-refractivity contribution in [3.8, 4) is 11.5 Å². The Morgan fingerprint density at radius 2 is 1.65 bits per heavy atom. The fraction of sp³-hybridized carbons (Fsp3) is 0.409. The number of aryl methyl sites for hydroxylation is 1. The average Bonchev–Trinajstić information content (AvgIpc) is 2.78. The number of likely N-dealkylation sites (N-methyl/N-ethyl adjacent to an activating group) is 1. The van der Waals surface area contributed by atoms with Crippen LogP contribution < -0.4 is 14.4 Å². The smallest absolute Gasteiger partial charge is 0.243 e. The van der Waals surface area contributed by atoms with Gasteiger partial charge in [0.25, 0.3) is 0 Å². The van der Waals surface area contributed by atoms with E-state index in [2.05, 4.69) is 4.90 Å². The molecule has 1 aliphatic rings. The Kier molecular flexibility index (Phi) is 7.07. The van der Waals surface area contributed by atoms with Crippen molar-refractivity contribution in [2.75, 3.05) is 58.9 Å². The lowest BCUT2D eigenvalue weighted by Gasteiger charge is -2.37. The van der Waals surface area contributed by atoms with Gasteiger partial charge in [0.05, 0.1) is 31.3 Å². The number of hydrogen-bond donors (Lipinski definition) is 0. The molecule has 0 spiro atoms. The summed E-state index contributed by atoms with van der Waals surface area (Å²) in [4.78, 5) is 16.8. The summed E-state index contributed by atoms with van der Waals surface area (Å²) < 4.78 is 37.5. The van der Waals surface area contributed by atoms with Crippen LogP contribution in [0, 0.1) is 6.92 Å². The number of benzene rings is 2. The molecule has 2 aromatic carbocycles. The van der Waals surface area contributed by atoms with Crippen molar-refractivity contribution in [3.05, 3.63) is 48.0 Å². The Hall–Kier alpha value is -2.78. The van der Waals surface area contributed by atoms with Crippen molar-refractivity contribution in [1.82, 2.24) is 9.21 Å². The second-order valence-corrected chi connectivity index (χ2v) is 9.48. The number of rotatable bonds is 7. The van der Waals surface area contributed by atoms with Gasteiger partial charge in [-0.05, 0) is 42.8 Å². The van der Waals surface area contributed by atoms with Crippen LogP contribution in [0.3, 0.4) is 0 Å². The standard InChI is InChI=1S/C22H29N3O5S/c1-17-15-18(9-10-20(17)29-3)31(27,28)23(2)16-22(26)25-13-11-24(12-14-25)19-7-5-6-8-21(19)30-4/h5-10,15H,11-14,16H2,1-4H3. The number of ether oxygens (including phenoxy) is 2. The Balaban J connectivity index is 1.62. The molecule has 0 aliphatic carbocycles. The summed E-state index contributed by atoms with van der Waals surface area (Å²) in [5, 5.41) is 0. The van der Waals surface area contributed by atoms with Crippen molar-refractivity contribution >= 4 is 21.6 Å². The van der Waals surface area contributed by atoms with E-state index < -0.39 is 10.0 Å². The maximum Gasteiger partial charge on any atom is 0.243 e. The molecule has 3 rings (SSSR count). The summed E-state index contributed by atoms with van der Waals surface area (Å²) in [5.41, 5.74) is 1.71. The van der Waals surface area contributed by atoms with Crippen LogP contribution in [0.5, 0.6) is 11.5 Å². The number of para-hydroxylation sites is 2. The fourth-order valence-corrected chi connectivity index (χ4v) is 4.86. The highest BCUT2D eigenvalue weighted by Gasteiger charge is 2.28. The zero-order valence-corrected chi connectivity index (χ0v) is 19.2. The van der Waals surface area contributed by atoms with Crippen molar-refractivity contribution in [3.63, 3.8) is 0 Å². The van der Waals surface area contributed by atoms with E-state index in [9.17, 15) is 13.2 Å². The van der Waals surface area contributed by atoms with Gasteiger partial charge in [-0.2, -0.15) is 4.31 Å². The molecule has 0 N–H and O–H groups in total. The summed E-state index contributed by atoms with van der Waals surface area (Å²) in [5.74, 6) is 1.20. The number of hydrogen-bond acceptors (Lipinski definition) is 6. The lowest BCUT2D eigenvalue weighted by atomic mass is 10.2. The van der Waals surface area contributed by atoms with Gasteiger partial charge < -0.3 is 19.3 Å². The molecule has 1 fully saturated rings. The van der Waals surface area contributed by atoms with Crippen molar-refractivity contribution in [2.24, 2.45) is 0 Å². The molecule has 1 aliphatic heterocycles. The first-order valence-electron chi connectivity index (χ1n) is 10.0. The Bertz CT molecular complexity index is 1030. The van der Waals surface area contributed by atoms with Crippen molar-refractivity contribution < 1.29 is 22.7 Å². The molecule has 2 aromatic rings. The first-order chi connectivity index (χ1) is 14.8. The number of amides is 1. The lowest BCUT2D eigenvalue weighted by molar-refractivity contribution is -0.131. The first-order valence-corrected chi connectivity index (χ1v) is 11.5.